The zero-order valence-electron chi connectivity index (χ0n) is 11.3. The molecule has 102 valence electrons. The number of rotatable bonds is 3. The topological polar surface area (TPSA) is 27.0 Å². The maximum Gasteiger partial charge on any atom is 0.101 e. The molecule has 4 heteroatoms. The molecule has 1 atom stereocenters. The minimum absolute atomic E-state index is 0.151. The summed E-state index contributed by atoms with van der Waals surface area (Å²) in [4.78, 5) is 2.10. The zero-order valence-corrected chi connectivity index (χ0v) is 12.8. The summed E-state index contributed by atoms with van der Waals surface area (Å²) in [5.41, 5.74) is 2.57. The molecule has 0 aromatic heterocycles. The maximum atomic E-state index is 8.90. The summed E-state index contributed by atoms with van der Waals surface area (Å²) in [6, 6.07) is 15.4. The molecule has 0 N–H and O–H groups in total. The van der Waals surface area contributed by atoms with Crippen molar-refractivity contribution in [3.05, 3.63) is 63.6 Å². The van der Waals surface area contributed by atoms with Crippen molar-refractivity contribution in [3.8, 4) is 6.07 Å². The molecule has 2 aromatic carbocycles. The normalized spacial score (nSPS) is 11.8. The molecule has 0 saturated carbocycles. The van der Waals surface area contributed by atoms with Crippen molar-refractivity contribution in [1.82, 2.24) is 0 Å². The van der Waals surface area contributed by atoms with E-state index in [1.54, 1.807) is 12.1 Å². The number of nitriles is 1. The van der Waals surface area contributed by atoms with Crippen molar-refractivity contribution < 1.29 is 0 Å². The number of halogens is 2. The SMILES string of the molecule is CC(c1cccc(Cl)c1)N(C)c1ccc(C#N)c(Cl)c1. The first kappa shape index (κ1) is 14.7. The van der Waals surface area contributed by atoms with Crippen LogP contribution in [0.1, 0.15) is 24.1 Å². The van der Waals surface area contributed by atoms with E-state index in [1.807, 2.05) is 37.4 Å². The molecule has 0 aliphatic heterocycles. The molecular formula is C16H14Cl2N2. The summed E-state index contributed by atoms with van der Waals surface area (Å²) >= 11 is 12.1. The third-order valence-corrected chi connectivity index (χ3v) is 3.94. The van der Waals surface area contributed by atoms with Gasteiger partial charge in [-0.05, 0) is 42.8 Å². The Balaban J connectivity index is 2.29. The van der Waals surface area contributed by atoms with Crippen LogP contribution < -0.4 is 4.90 Å². The van der Waals surface area contributed by atoms with Gasteiger partial charge in [-0.1, -0.05) is 35.3 Å². The second-order valence-electron chi connectivity index (χ2n) is 4.62. The summed E-state index contributed by atoms with van der Waals surface area (Å²) in [5.74, 6) is 0. The smallest absolute Gasteiger partial charge is 0.101 e. The van der Waals surface area contributed by atoms with Crippen molar-refractivity contribution in [2.24, 2.45) is 0 Å². The summed E-state index contributed by atoms with van der Waals surface area (Å²) in [6.45, 7) is 2.10. The lowest BCUT2D eigenvalue weighted by Gasteiger charge is -2.27. The molecule has 2 aromatic rings. The average molecular weight is 305 g/mol. The summed E-state index contributed by atoms with van der Waals surface area (Å²) in [6.07, 6.45) is 0. The first-order chi connectivity index (χ1) is 9.52. The van der Waals surface area contributed by atoms with E-state index in [0.717, 1.165) is 16.3 Å². The molecule has 0 saturated heterocycles. The Morgan fingerprint density at radius 3 is 2.50 bits per heavy atom. The fourth-order valence-corrected chi connectivity index (χ4v) is 2.44. The molecule has 0 aliphatic carbocycles. The second kappa shape index (κ2) is 6.17. The van der Waals surface area contributed by atoms with Gasteiger partial charge in [-0.3, -0.25) is 0 Å². The quantitative estimate of drug-likeness (QED) is 0.792. The molecule has 20 heavy (non-hydrogen) atoms. The number of hydrogen-bond acceptors (Lipinski definition) is 2. The number of nitrogens with zero attached hydrogens (tertiary/aromatic N) is 2. The van der Waals surface area contributed by atoms with E-state index in [9.17, 15) is 0 Å². The lowest BCUT2D eigenvalue weighted by Crippen LogP contribution is -2.21. The second-order valence-corrected chi connectivity index (χ2v) is 5.46. The van der Waals surface area contributed by atoms with Crippen LogP contribution in [0, 0.1) is 11.3 Å². The molecule has 0 bridgehead atoms. The molecule has 0 heterocycles. The number of anilines is 1. The lowest BCUT2D eigenvalue weighted by molar-refractivity contribution is 0.740. The van der Waals surface area contributed by atoms with E-state index in [1.165, 1.54) is 0 Å². The highest BCUT2D eigenvalue weighted by Crippen LogP contribution is 2.29. The highest BCUT2D eigenvalue weighted by molar-refractivity contribution is 6.32. The third-order valence-electron chi connectivity index (χ3n) is 3.39. The van der Waals surface area contributed by atoms with E-state index in [-0.39, 0.29) is 6.04 Å². The van der Waals surface area contributed by atoms with Crippen LogP contribution >= 0.6 is 23.2 Å². The van der Waals surface area contributed by atoms with Crippen LogP contribution in [0.5, 0.6) is 0 Å². The average Bonchev–Trinajstić information content (AvgIpc) is 2.45. The van der Waals surface area contributed by atoms with Gasteiger partial charge in [-0.25, -0.2) is 0 Å². The monoisotopic (exact) mass is 304 g/mol. The summed E-state index contributed by atoms with van der Waals surface area (Å²) < 4.78 is 0. The van der Waals surface area contributed by atoms with Gasteiger partial charge in [0.15, 0.2) is 0 Å². The van der Waals surface area contributed by atoms with Crippen LogP contribution in [0.4, 0.5) is 5.69 Å². The van der Waals surface area contributed by atoms with Crippen LogP contribution in [0.2, 0.25) is 10.0 Å². The molecule has 0 spiro atoms. The zero-order chi connectivity index (χ0) is 14.7. The first-order valence-corrected chi connectivity index (χ1v) is 6.96. The van der Waals surface area contributed by atoms with Crippen LogP contribution in [0.15, 0.2) is 42.5 Å². The summed E-state index contributed by atoms with van der Waals surface area (Å²) in [7, 11) is 1.99. The third kappa shape index (κ3) is 3.07. The summed E-state index contributed by atoms with van der Waals surface area (Å²) in [5, 5.41) is 10.1. The Bertz CT molecular complexity index is 662. The molecule has 0 aliphatic rings. The Kier molecular flexibility index (Phi) is 4.54. The molecule has 1 unspecified atom stereocenters. The van der Waals surface area contributed by atoms with Crippen molar-refractivity contribution in [3.63, 3.8) is 0 Å². The Morgan fingerprint density at radius 2 is 1.90 bits per heavy atom. The molecule has 0 fully saturated rings. The van der Waals surface area contributed by atoms with Gasteiger partial charge in [0, 0.05) is 17.8 Å². The van der Waals surface area contributed by atoms with Gasteiger partial charge in [0.2, 0.25) is 0 Å². The minimum atomic E-state index is 0.151. The molecule has 2 nitrogen and oxygen atoms in total. The van der Waals surface area contributed by atoms with Crippen LogP contribution in [-0.2, 0) is 0 Å². The molecular weight excluding hydrogens is 291 g/mol. The first-order valence-electron chi connectivity index (χ1n) is 6.21. The van der Waals surface area contributed by atoms with Gasteiger partial charge in [-0.15, -0.1) is 0 Å². The van der Waals surface area contributed by atoms with Gasteiger partial charge >= 0.3 is 0 Å². The highest BCUT2D eigenvalue weighted by Gasteiger charge is 2.13. The van der Waals surface area contributed by atoms with E-state index in [2.05, 4.69) is 17.9 Å². The van der Waals surface area contributed by atoms with Crippen molar-refractivity contribution in [2.45, 2.75) is 13.0 Å². The lowest BCUT2D eigenvalue weighted by atomic mass is 10.1. The van der Waals surface area contributed by atoms with Gasteiger partial charge in [0.25, 0.3) is 0 Å². The number of hydrogen-bond donors (Lipinski definition) is 0. The van der Waals surface area contributed by atoms with Crippen molar-refractivity contribution in [1.29, 1.82) is 5.26 Å². The van der Waals surface area contributed by atoms with E-state index in [0.29, 0.717) is 10.6 Å². The number of benzene rings is 2. The van der Waals surface area contributed by atoms with Gasteiger partial charge in [-0.2, -0.15) is 5.26 Å². The predicted molar refractivity (Wildman–Crippen MR) is 84.4 cm³/mol. The fourth-order valence-electron chi connectivity index (χ4n) is 2.03. The van der Waals surface area contributed by atoms with Gasteiger partial charge < -0.3 is 4.90 Å². The van der Waals surface area contributed by atoms with Crippen molar-refractivity contribution in [2.75, 3.05) is 11.9 Å². The minimum Gasteiger partial charge on any atom is -0.368 e. The standard InChI is InChI=1S/C16H14Cl2N2/c1-11(12-4-3-5-14(17)8-12)20(2)15-7-6-13(10-19)16(18)9-15/h3-9,11H,1-2H3. The maximum absolute atomic E-state index is 8.90. The molecule has 0 amide bonds. The van der Waals surface area contributed by atoms with Gasteiger partial charge in [0.1, 0.15) is 6.07 Å². The van der Waals surface area contributed by atoms with E-state index in [4.69, 9.17) is 28.5 Å². The van der Waals surface area contributed by atoms with Crippen LogP contribution in [-0.4, -0.2) is 7.05 Å². The molecule has 2 rings (SSSR count). The van der Waals surface area contributed by atoms with Crippen LogP contribution in [0.25, 0.3) is 0 Å². The Labute approximate surface area is 129 Å². The van der Waals surface area contributed by atoms with Crippen molar-refractivity contribution >= 4 is 28.9 Å². The van der Waals surface area contributed by atoms with Crippen LogP contribution in [0.3, 0.4) is 0 Å². The fraction of sp³-hybridized carbons (Fsp3) is 0.188. The Morgan fingerprint density at radius 1 is 1.15 bits per heavy atom. The van der Waals surface area contributed by atoms with Gasteiger partial charge in [0.05, 0.1) is 16.6 Å². The van der Waals surface area contributed by atoms with E-state index >= 15 is 0 Å². The van der Waals surface area contributed by atoms with E-state index < -0.39 is 0 Å². The largest absolute Gasteiger partial charge is 0.368 e. The highest BCUT2D eigenvalue weighted by atomic mass is 35.5. The molecule has 0 radical (unpaired) electrons. The Hall–Kier alpha value is -1.69. The predicted octanol–water partition coefficient (Wildman–Crippen LogP) is 5.06.